The molecule has 6 heteroatoms. The maximum atomic E-state index is 5.87. The van der Waals surface area contributed by atoms with Crippen molar-refractivity contribution >= 4 is 0 Å². The highest BCUT2D eigenvalue weighted by Gasteiger charge is 1.99. The number of rotatable bonds is 29. The molecule has 0 fully saturated rings. The van der Waals surface area contributed by atoms with Gasteiger partial charge in [0, 0.05) is 26.2 Å². The molecule has 0 amide bonds. The molecule has 0 unspecified atom stereocenters. The summed E-state index contributed by atoms with van der Waals surface area (Å²) in [4.78, 5) is 0. The first kappa shape index (κ1) is 36.1. The first-order chi connectivity index (χ1) is 20.8. The summed E-state index contributed by atoms with van der Waals surface area (Å²) >= 11 is 0. The molecule has 2 rings (SSSR count). The monoisotopic (exact) mass is 584 g/mol. The Bertz CT molecular complexity index is 773. The molecular formula is C36H60N2O4. The first-order valence-corrected chi connectivity index (χ1v) is 16.8. The van der Waals surface area contributed by atoms with Crippen LogP contribution in [0.4, 0.5) is 0 Å². The molecule has 0 saturated carbocycles. The lowest BCUT2D eigenvalue weighted by Crippen LogP contribution is -2.22. The lowest BCUT2D eigenvalue weighted by Gasteiger charge is -2.10. The van der Waals surface area contributed by atoms with Crippen LogP contribution in [0, 0.1) is 0 Å². The van der Waals surface area contributed by atoms with Gasteiger partial charge >= 0.3 is 0 Å². The molecule has 42 heavy (non-hydrogen) atoms. The van der Waals surface area contributed by atoms with E-state index in [1.807, 2.05) is 0 Å². The fourth-order valence-corrected chi connectivity index (χ4v) is 4.63. The minimum absolute atomic E-state index is 0.618. The number of unbranched alkanes of at least 4 members (excludes halogenated alkanes) is 10. The summed E-state index contributed by atoms with van der Waals surface area (Å²) in [5, 5.41) is 6.86. The Kier molecular flexibility index (Phi) is 22.8. The SMILES string of the molecule is CCCCCCCCOc1ccc(CNCCOCCOCCNCc2ccc(OCCCCCCCC)cc2)cc1. The molecule has 2 aromatic carbocycles. The van der Waals surface area contributed by atoms with Crippen molar-refractivity contribution < 1.29 is 18.9 Å². The van der Waals surface area contributed by atoms with Crippen LogP contribution >= 0.6 is 0 Å². The summed E-state index contributed by atoms with van der Waals surface area (Å²) in [6.07, 6.45) is 15.4. The maximum Gasteiger partial charge on any atom is 0.119 e. The molecule has 0 radical (unpaired) electrons. The van der Waals surface area contributed by atoms with Crippen LogP contribution in [0.25, 0.3) is 0 Å². The fourth-order valence-electron chi connectivity index (χ4n) is 4.63. The van der Waals surface area contributed by atoms with E-state index in [2.05, 4.69) is 73.0 Å². The van der Waals surface area contributed by atoms with Gasteiger partial charge in [-0.25, -0.2) is 0 Å². The third-order valence-corrected chi connectivity index (χ3v) is 7.26. The van der Waals surface area contributed by atoms with E-state index in [9.17, 15) is 0 Å². The molecule has 2 aromatic rings. The average molecular weight is 585 g/mol. The van der Waals surface area contributed by atoms with Crippen molar-refractivity contribution in [3.63, 3.8) is 0 Å². The van der Waals surface area contributed by atoms with Crippen molar-refractivity contribution in [1.29, 1.82) is 0 Å². The highest BCUT2D eigenvalue weighted by atomic mass is 16.5. The number of benzene rings is 2. The van der Waals surface area contributed by atoms with Gasteiger partial charge in [0.05, 0.1) is 39.6 Å². The summed E-state index contributed by atoms with van der Waals surface area (Å²) in [7, 11) is 0. The van der Waals surface area contributed by atoms with E-state index in [0.29, 0.717) is 26.4 Å². The van der Waals surface area contributed by atoms with E-state index < -0.39 is 0 Å². The molecule has 0 heterocycles. The molecule has 0 saturated heterocycles. The molecule has 0 aliphatic carbocycles. The minimum atomic E-state index is 0.618. The molecule has 0 atom stereocenters. The van der Waals surface area contributed by atoms with Gasteiger partial charge in [-0.1, -0.05) is 102 Å². The van der Waals surface area contributed by atoms with E-state index in [-0.39, 0.29) is 0 Å². The molecule has 6 nitrogen and oxygen atoms in total. The van der Waals surface area contributed by atoms with E-state index >= 15 is 0 Å². The van der Waals surface area contributed by atoms with Crippen molar-refractivity contribution in [3.8, 4) is 11.5 Å². The molecule has 2 N–H and O–H groups in total. The average Bonchev–Trinajstić information content (AvgIpc) is 3.02. The third kappa shape index (κ3) is 19.9. The molecule has 0 spiro atoms. The molecular weight excluding hydrogens is 524 g/mol. The maximum absolute atomic E-state index is 5.87. The second-order valence-electron chi connectivity index (χ2n) is 11.1. The minimum Gasteiger partial charge on any atom is -0.494 e. The van der Waals surface area contributed by atoms with Gasteiger partial charge in [0.2, 0.25) is 0 Å². The van der Waals surface area contributed by atoms with Crippen LogP contribution in [-0.2, 0) is 22.6 Å². The van der Waals surface area contributed by atoms with E-state index in [4.69, 9.17) is 18.9 Å². The molecule has 0 aliphatic rings. The van der Waals surface area contributed by atoms with Crippen LogP contribution in [0.15, 0.2) is 48.5 Å². The van der Waals surface area contributed by atoms with Gasteiger partial charge in [-0.3, -0.25) is 0 Å². The zero-order valence-corrected chi connectivity index (χ0v) is 26.8. The topological polar surface area (TPSA) is 61.0 Å². The van der Waals surface area contributed by atoms with Gasteiger partial charge in [0.15, 0.2) is 0 Å². The Labute approximate surface area is 257 Å². The second-order valence-corrected chi connectivity index (χ2v) is 11.1. The zero-order valence-electron chi connectivity index (χ0n) is 26.8. The van der Waals surface area contributed by atoms with Gasteiger partial charge < -0.3 is 29.6 Å². The largest absolute Gasteiger partial charge is 0.494 e. The lowest BCUT2D eigenvalue weighted by atomic mass is 10.1. The van der Waals surface area contributed by atoms with Crippen LogP contribution in [0.3, 0.4) is 0 Å². The van der Waals surface area contributed by atoms with E-state index in [1.165, 1.54) is 75.3 Å². The number of nitrogens with one attached hydrogen (secondary N) is 2. The Morgan fingerprint density at radius 3 is 1.21 bits per heavy atom. The van der Waals surface area contributed by atoms with Crippen LogP contribution in [0.2, 0.25) is 0 Å². The summed E-state index contributed by atoms with van der Waals surface area (Å²) in [5.41, 5.74) is 2.51. The Hall–Kier alpha value is -2.12. The number of hydrogen-bond acceptors (Lipinski definition) is 6. The van der Waals surface area contributed by atoms with Crippen LogP contribution in [0.1, 0.15) is 102 Å². The van der Waals surface area contributed by atoms with Gasteiger partial charge in [-0.2, -0.15) is 0 Å². The molecule has 0 aromatic heterocycles. The van der Waals surface area contributed by atoms with Gasteiger partial charge in [-0.05, 0) is 48.2 Å². The van der Waals surface area contributed by atoms with Crippen molar-refractivity contribution in [3.05, 3.63) is 59.7 Å². The summed E-state index contributed by atoms with van der Waals surface area (Å²) in [6, 6.07) is 16.8. The van der Waals surface area contributed by atoms with E-state index in [1.54, 1.807) is 0 Å². The smallest absolute Gasteiger partial charge is 0.119 e. The second kappa shape index (κ2) is 26.5. The van der Waals surface area contributed by atoms with E-state index in [0.717, 1.165) is 63.7 Å². The summed E-state index contributed by atoms with van der Waals surface area (Å²) in [5.74, 6) is 1.92. The van der Waals surface area contributed by atoms with Crippen molar-refractivity contribution in [2.75, 3.05) is 52.7 Å². The number of hydrogen-bond donors (Lipinski definition) is 2. The lowest BCUT2D eigenvalue weighted by molar-refractivity contribution is 0.0498. The molecule has 0 aliphatic heterocycles. The highest BCUT2D eigenvalue weighted by Crippen LogP contribution is 2.14. The van der Waals surface area contributed by atoms with Crippen LogP contribution in [0.5, 0.6) is 11.5 Å². The predicted molar refractivity (Wildman–Crippen MR) is 176 cm³/mol. The standard InChI is InChI=1S/C36H60N2O4/c1-3-5-7-9-11-13-25-41-35-19-15-33(16-20-35)31-37-23-27-39-29-30-40-28-24-38-32-34-17-21-36(22-18-34)42-26-14-12-10-8-6-4-2/h15-22,37-38H,3-14,23-32H2,1-2H3. The summed E-state index contributed by atoms with van der Waals surface area (Å²) in [6.45, 7) is 12.0. The predicted octanol–water partition coefficient (Wildman–Crippen LogP) is 8.08. The van der Waals surface area contributed by atoms with Gasteiger partial charge in [-0.15, -0.1) is 0 Å². The molecule has 0 bridgehead atoms. The summed E-state index contributed by atoms with van der Waals surface area (Å²) < 4.78 is 23.1. The Balaban J connectivity index is 1.34. The van der Waals surface area contributed by atoms with Crippen LogP contribution < -0.4 is 20.1 Å². The first-order valence-electron chi connectivity index (χ1n) is 16.8. The van der Waals surface area contributed by atoms with Crippen molar-refractivity contribution in [1.82, 2.24) is 10.6 Å². The zero-order chi connectivity index (χ0) is 29.8. The van der Waals surface area contributed by atoms with Crippen molar-refractivity contribution in [2.24, 2.45) is 0 Å². The van der Waals surface area contributed by atoms with Crippen molar-refractivity contribution in [2.45, 2.75) is 104 Å². The normalized spacial score (nSPS) is 11.2. The van der Waals surface area contributed by atoms with Gasteiger partial charge in [0.1, 0.15) is 11.5 Å². The quantitative estimate of drug-likeness (QED) is 0.0943. The molecule has 238 valence electrons. The highest BCUT2D eigenvalue weighted by molar-refractivity contribution is 5.28. The Morgan fingerprint density at radius 1 is 0.429 bits per heavy atom. The third-order valence-electron chi connectivity index (χ3n) is 7.26. The van der Waals surface area contributed by atoms with Crippen LogP contribution in [-0.4, -0.2) is 52.7 Å². The van der Waals surface area contributed by atoms with Gasteiger partial charge in [0.25, 0.3) is 0 Å². The Morgan fingerprint density at radius 2 is 0.810 bits per heavy atom. The fraction of sp³-hybridized carbons (Fsp3) is 0.667. The number of ether oxygens (including phenoxy) is 4.